The molecule has 0 bridgehead atoms. The highest BCUT2D eigenvalue weighted by molar-refractivity contribution is 5.97. The third kappa shape index (κ3) is 6.37. The predicted molar refractivity (Wildman–Crippen MR) is 108 cm³/mol. The van der Waals surface area contributed by atoms with E-state index in [-0.39, 0.29) is 11.5 Å². The lowest BCUT2D eigenvalue weighted by atomic mass is 10.2. The second kappa shape index (κ2) is 10.7. The van der Waals surface area contributed by atoms with Gasteiger partial charge in [0.15, 0.2) is 35.1 Å². The van der Waals surface area contributed by atoms with E-state index in [0.717, 1.165) is 6.07 Å². The summed E-state index contributed by atoms with van der Waals surface area (Å²) in [5.74, 6) is -5.30. The van der Waals surface area contributed by atoms with Crippen LogP contribution in [-0.2, 0) is 9.53 Å². The molecule has 0 saturated carbocycles. The molecule has 0 fully saturated rings. The molecule has 9 heteroatoms. The van der Waals surface area contributed by atoms with E-state index in [1.807, 2.05) is 13.8 Å². The first-order chi connectivity index (χ1) is 14.6. The molecule has 0 aliphatic carbocycles. The summed E-state index contributed by atoms with van der Waals surface area (Å²) in [7, 11) is 0. The van der Waals surface area contributed by atoms with Gasteiger partial charge in [-0.1, -0.05) is 13.8 Å². The molecule has 0 aliphatic heterocycles. The van der Waals surface area contributed by atoms with Gasteiger partial charge in [-0.3, -0.25) is 4.79 Å². The van der Waals surface area contributed by atoms with Gasteiger partial charge in [0.25, 0.3) is 5.91 Å². The summed E-state index contributed by atoms with van der Waals surface area (Å²) >= 11 is 0. The highest BCUT2D eigenvalue weighted by Gasteiger charge is 2.23. The highest BCUT2D eigenvalue weighted by atomic mass is 19.2. The molecule has 168 valence electrons. The van der Waals surface area contributed by atoms with Crippen LogP contribution in [0.3, 0.4) is 0 Å². The van der Waals surface area contributed by atoms with Gasteiger partial charge < -0.3 is 19.5 Å². The molecule has 0 spiro atoms. The summed E-state index contributed by atoms with van der Waals surface area (Å²) in [6, 6.07) is 5.99. The van der Waals surface area contributed by atoms with E-state index in [1.165, 1.54) is 19.1 Å². The second-order valence-electron chi connectivity index (χ2n) is 7.06. The molecular formula is C22H24F3NO5. The second-order valence-corrected chi connectivity index (χ2v) is 7.06. The maximum Gasteiger partial charge on any atom is 0.339 e. The Labute approximate surface area is 178 Å². The molecule has 0 heterocycles. The average Bonchev–Trinajstić information content (AvgIpc) is 2.73. The van der Waals surface area contributed by atoms with Crippen LogP contribution in [0.4, 0.5) is 18.9 Å². The number of hydrogen-bond donors (Lipinski definition) is 1. The van der Waals surface area contributed by atoms with Gasteiger partial charge in [-0.15, -0.1) is 0 Å². The number of carbonyl (C=O) groups excluding carboxylic acids is 2. The molecule has 6 nitrogen and oxygen atoms in total. The molecule has 0 radical (unpaired) electrons. The minimum atomic E-state index is -1.72. The van der Waals surface area contributed by atoms with Crippen molar-refractivity contribution in [3.05, 3.63) is 53.3 Å². The first kappa shape index (κ1) is 24.0. The van der Waals surface area contributed by atoms with E-state index in [4.69, 9.17) is 14.2 Å². The molecular weight excluding hydrogens is 415 g/mol. The zero-order valence-electron chi connectivity index (χ0n) is 17.6. The maximum atomic E-state index is 13.7. The van der Waals surface area contributed by atoms with Crippen LogP contribution in [0.15, 0.2) is 30.3 Å². The van der Waals surface area contributed by atoms with E-state index < -0.39 is 41.1 Å². The Balaban J connectivity index is 2.08. The van der Waals surface area contributed by atoms with Crippen molar-refractivity contribution >= 4 is 17.6 Å². The number of benzene rings is 2. The number of ether oxygens (including phenoxy) is 3. The third-order valence-electron chi connectivity index (χ3n) is 4.00. The standard InChI is InChI=1S/C22H24F3NO5/c1-5-29-18-10-14(6-9-17(18)30-11-12(2)3)22(28)31-13(4)21(27)26-16-8-7-15(23)19(24)20(16)25/h6-10,12-13H,5,11H2,1-4H3,(H,26,27). The molecule has 0 aliphatic rings. The number of rotatable bonds is 9. The van der Waals surface area contributed by atoms with Crippen molar-refractivity contribution in [1.29, 1.82) is 0 Å². The van der Waals surface area contributed by atoms with Gasteiger partial charge >= 0.3 is 5.97 Å². The van der Waals surface area contributed by atoms with Gasteiger partial charge in [-0.25, -0.2) is 18.0 Å². The van der Waals surface area contributed by atoms with Gasteiger partial charge in [-0.2, -0.15) is 0 Å². The number of anilines is 1. The van der Waals surface area contributed by atoms with Crippen molar-refractivity contribution in [2.45, 2.75) is 33.8 Å². The molecule has 1 unspecified atom stereocenters. The van der Waals surface area contributed by atoms with Gasteiger partial charge in [0, 0.05) is 0 Å². The Morgan fingerprint density at radius 3 is 2.32 bits per heavy atom. The molecule has 2 aromatic carbocycles. The number of halogens is 3. The van der Waals surface area contributed by atoms with Crippen molar-refractivity contribution in [1.82, 2.24) is 0 Å². The zero-order valence-corrected chi connectivity index (χ0v) is 17.6. The summed E-state index contributed by atoms with van der Waals surface area (Å²) in [6.45, 7) is 7.82. The molecule has 1 amide bonds. The first-order valence-electron chi connectivity index (χ1n) is 9.69. The topological polar surface area (TPSA) is 73.9 Å². The lowest BCUT2D eigenvalue weighted by Crippen LogP contribution is -2.30. The highest BCUT2D eigenvalue weighted by Crippen LogP contribution is 2.29. The molecule has 2 aromatic rings. The molecule has 0 saturated heterocycles. The average molecular weight is 439 g/mol. The SMILES string of the molecule is CCOc1cc(C(=O)OC(C)C(=O)Nc2ccc(F)c(F)c2F)ccc1OCC(C)C. The Morgan fingerprint density at radius 2 is 1.68 bits per heavy atom. The minimum absolute atomic E-state index is 0.110. The number of carbonyl (C=O) groups is 2. The zero-order chi connectivity index (χ0) is 23.1. The largest absolute Gasteiger partial charge is 0.490 e. The quantitative estimate of drug-likeness (QED) is 0.452. The molecule has 31 heavy (non-hydrogen) atoms. The summed E-state index contributed by atoms with van der Waals surface area (Å²) < 4.78 is 56.3. The van der Waals surface area contributed by atoms with Crippen molar-refractivity contribution < 1.29 is 37.0 Å². The lowest BCUT2D eigenvalue weighted by molar-refractivity contribution is -0.123. The van der Waals surface area contributed by atoms with E-state index in [0.29, 0.717) is 30.8 Å². The van der Waals surface area contributed by atoms with Crippen LogP contribution in [0.5, 0.6) is 11.5 Å². The van der Waals surface area contributed by atoms with Crippen LogP contribution in [0.25, 0.3) is 0 Å². The number of amides is 1. The Kier molecular flexibility index (Phi) is 8.30. The summed E-state index contributed by atoms with van der Waals surface area (Å²) in [5.41, 5.74) is -0.462. The normalized spacial score (nSPS) is 11.7. The van der Waals surface area contributed by atoms with Crippen LogP contribution < -0.4 is 14.8 Å². The fraction of sp³-hybridized carbons (Fsp3) is 0.364. The van der Waals surface area contributed by atoms with E-state index >= 15 is 0 Å². The van der Waals surface area contributed by atoms with E-state index in [9.17, 15) is 22.8 Å². The number of esters is 1. The summed E-state index contributed by atoms with van der Waals surface area (Å²) in [6.07, 6.45) is -1.34. The monoisotopic (exact) mass is 439 g/mol. The number of nitrogens with one attached hydrogen (secondary N) is 1. The van der Waals surface area contributed by atoms with Crippen molar-refractivity contribution in [3.8, 4) is 11.5 Å². The third-order valence-corrected chi connectivity index (χ3v) is 4.00. The van der Waals surface area contributed by atoms with E-state index in [1.54, 1.807) is 13.0 Å². The summed E-state index contributed by atoms with van der Waals surface area (Å²) in [5, 5.41) is 2.06. The maximum absolute atomic E-state index is 13.7. The molecule has 1 N–H and O–H groups in total. The first-order valence-corrected chi connectivity index (χ1v) is 9.69. The molecule has 1 atom stereocenters. The Bertz CT molecular complexity index is 949. The lowest BCUT2D eigenvalue weighted by Gasteiger charge is -2.16. The van der Waals surface area contributed by atoms with Crippen LogP contribution in [-0.4, -0.2) is 31.2 Å². The van der Waals surface area contributed by atoms with Crippen molar-refractivity contribution in [2.75, 3.05) is 18.5 Å². The van der Waals surface area contributed by atoms with Crippen molar-refractivity contribution in [3.63, 3.8) is 0 Å². The Hall–Kier alpha value is -3.23. The minimum Gasteiger partial charge on any atom is -0.490 e. The van der Waals surface area contributed by atoms with Gasteiger partial charge in [0.2, 0.25) is 0 Å². The number of hydrogen-bond acceptors (Lipinski definition) is 5. The van der Waals surface area contributed by atoms with Crippen LogP contribution in [0.1, 0.15) is 38.1 Å². The molecule has 0 aromatic heterocycles. The fourth-order valence-corrected chi connectivity index (χ4v) is 2.42. The van der Waals surface area contributed by atoms with Crippen molar-refractivity contribution in [2.24, 2.45) is 5.92 Å². The van der Waals surface area contributed by atoms with Gasteiger partial charge in [0.1, 0.15) is 0 Å². The van der Waals surface area contributed by atoms with Crippen LogP contribution in [0.2, 0.25) is 0 Å². The van der Waals surface area contributed by atoms with Crippen LogP contribution >= 0.6 is 0 Å². The van der Waals surface area contributed by atoms with Gasteiger partial charge in [-0.05, 0) is 50.1 Å². The smallest absolute Gasteiger partial charge is 0.339 e. The molecule has 2 rings (SSSR count). The fourth-order valence-electron chi connectivity index (χ4n) is 2.42. The van der Waals surface area contributed by atoms with Gasteiger partial charge in [0.05, 0.1) is 24.5 Å². The van der Waals surface area contributed by atoms with E-state index in [2.05, 4.69) is 5.32 Å². The Morgan fingerprint density at radius 1 is 0.968 bits per heavy atom. The summed E-state index contributed by atoms with van der Waals surface area (Å²) in [4.78, 5) is 24.6. The van der Waals surface area contributed by atoms with Crippen LogP contribution in [0, 0.1) is 23.4 Å². The predicted octanol–water partition coefficient (Wildman–Crippen LogP) is 4.72.